The quantitative estimate of drug-likeness (QED) is 0.577. The molecule has 1 saturated heterocycles. The Morgan fingerprint density at radius 2 is 2.03 bits per heavy atom. The Kier molecular flexibility index (Phi) is 6.17. The summed E-state index contributed by atoms with van der Waals surface area (Å²) in [4.78, 5) is 32.6. The number of carbonyl (C=O) groups is 2. The van der Waals surface area contributed by atoms with Gasteiger partial charge in [-0.1, -0.05) is 12.1 Å². The molecule has 2 aliphatic heterocycles. The van der Waals surface area contributed by atoms with Crippen LogP contribution in [0.2, 0.25) is 0 Å². The standard InChI is InChI=1S/C24H24F2N8O2/c1-14(33-9-3-6-20(33)35)24(36)32-10-7-15(8-11-32)16-12-17(22(27)28-13-16)23-29-30-31-34(23)19-5-2-4-18(25)21(19)26/h2,4-5,7,12-14H,3,6,8-11H2,1H3,(H2,27,28). The molecule has 3 aromatic rings. The van der Waals surface area contributed by atoms with E-state index in [1.54, 1.807) is 29.0 Å². The molecule has 2 aliphatic rings. The SMILES string of the molecule is CC(C(=O)N1CC=C(c2cnc(N)c(-c3nnnn3-c3cccc(F)c3F)c2)CC1)N1CCCC1=O. The second-order valence-electron chi connectivity index (χ2n) is 8.77. The Labute approximate surface area is 205 Å². The third kappa shape index (κ3) is 4.18. The van der Waals surface area contributed by atoms with Crippen molar-refractivity contribution in [2.75, 3.05) is 25.4 Å². The Hall–Kier alpha value is -4.22. The summed E-state index contributed by atoms with van der Waals surface area (Å²) in [6.07, 6.45) is 5.39. The fraction of sp³-hybridized carbons (Fsp3) is 0.333. The number of pyridine rings is 1. The summed E-state index contributed by atoms with van der Waals surface area (Å²) in [5.41, 5.74) is 8.01. The molecule has 0 radical (unpaired) electrons. The lowest BCUT2D eigenvalue weighted by Crippen LogP contribution is -2.48. The van der Waals surface area contributed by atoms with Crippen molar-refractivity contribution < 1.29 is 18.4 Å². The van der Waals surface area contributed by atoms with Gasteiger partial charge in [-0.15, -0.1) is 5.10 Å². The molecule has 0 spiro atoms. The van der Waals surface area contributed by atoms with Crippen LogP contribution in [0.4, 0.5) is 14.6 Å². The molecular formula is C24H24F2N8O2. The number of halogens is 2. The van der Waals surface area contributed by atoms with E-state index in [1.807, 2.05) is 6.08 Å². The molecule has 1 aromatic carbocycles. The largest absolute Gasteiger partial charge is 0.383 e. The number of benzene rings is 1. The fourth-order valence-corrected chi connectivity index (χ4v) is 4.61. The lowest BCUT2D eigenvalue weighted by Gasteiger charge is -2.32. The van der Waals surface area contributed by atoms with E-state index in [-0.39, 0.29) is 29.1 Å². The molecule has 12 heteroatoms. The molecule has 4 heterocycles. The third-order valence-electron chi connectivity index (χ3n) is 6.61. The van der Waals surface area contributed by atoms with E-state index in [9.17, 15) is 18.4 Å². The first-order valence-electron chi connectivity index (χ1n) is 11.6. The molecule has 0 bridgehead atoms. The van der Waals surface area contributed by atoms with Gasteiger partial charge in [0.15, 0.2) is 17.5 Å². The van der Waals surface area contributed by atoms with Crippen LogP contribution in [0.25, 0.3) is 22.6 Å². The predicted octanol–water partition coefficient (Wildman–Crippen LogP) is 2.21. The summed E-state index contributed by atoms with van der Waals surface area (Å²) in [6, 6.07) is 4.99. The van der Waals surface area contributed by atoms with Crippen molar-refractivity contribution in [1.29, 1.82) is 0 Å². The van der Waals surface area contributed by atoms with Crippen LogP contribution in [0.1, 0.15) is 31.7 Å². The van der Waals surface area contributed by atoms with Crippen LogP contribution in [0.5, 0.6) is 0 Å². The number of rotatable bonds is 5. The summed E-state index contributed by atoms with van der Waals surface area (Å²) < 4.78 is 29.3. The van der Waals surface area contributed by atoms with Gasteiger partial charge < -0.3 is 15.5 Å². The van der Waals surface area contributed by atoms with E-state index in [2.05, 4.69) is 20.5 Å². The third-order valence-corrected chi connectivity index (χ3v) is 6.61. The highest BCUT2D eigenvalue weighted by Crippen LogP contribution is 2.30. The van der Waals surface area contributed by atoms with Crippen molar-refractivity contribution in [3.05, 3.63) is 53.7 Å². The van der Waals surface area contributed by atoms with Crippen molar-refractivity contribution in [2.45, 2.75) is 32.2 Å². The van der Waals surface area contributed by atoms with E-state index in [0.717, 1.165) is 28.3 Å². The molecule has 1 atom stereocenters. The van der Waals surface area contributed by atoms with E-state index in [0.29, 0.717) is 38.0 Å². The second kappa shape index (κ2) is 9.44. The van der Waals surface area contributed by atoms with Gasteiger partial charge in [0.1, 0.15) is 17.5 Å². The molecule has 10 nitrogen and oxygen atoms in total. The number of aromatic nitrogens is 5. The van der Waals surface area contributed by atoms with Gasteiger partial charge in [0.25, 0.3) is 0 Å². The highest BCUT2D eigenvalue weighted by atomic mass is 19.2. The Bertz CT molecular complexity index is 1370. The number of nitrogens with zero attached hydrogens (tertiary/aromatic N) is 7. The van der Waals surface area contributed by atoms with Crippen molar-refractivity contribution in [3.63, 3.8) is 0 Å². The maximum atomic E-state index is 14.4. The smallest absolute Gasteiger partial charge is 0.245 e. The number of nitrogen functional groups attached to an aromatic ring is 1. The van der Waals surface area contributed by atoms with Gasteiger partial charge >= 0.3 is 0 Å². The first-order chi connectivity index (χ1) is 17.3. The number of amides is 2. The summed E-state index contributed by atoms with van der Waals surface area (Å²) in [7, 11) is 0. The minimum absolute atomic E-state index is 0.0185. The Morgan fingerprint density at radius 3 is 2.75 bits per heavy atom. The molecule has 2 amide bonds. The van der Waals surface area contributed by atoms with Crippen molar-refractivity contribution in [3.8, 4) is 17.1 Å². The Morgan fingerprint density at radius 1 is 1.19 bits per heavy atom. The minimum atomic E-state index is -1.08. The Balaban J connectivity index is 1.39. The molecule has 0 aliphatic carbocycles. The molecule has 36 heavy (non-hydrogen) atoms. The predicted molar refractivity (Wildman–Crippen MR) is 126 cm³/mol. The van der Waals surface area contributed by atoms with Gasteiger partial charge in [-0.2, -0.15) is 4.68 Å². The normalized spacial score (nSPS) is 16.9. The lowest BCUT2D eigenvalue weighted by molar-refractivity contribution is -0.142. The van der Waals surface area contributed by atoms with E-state index in [1.165, 1.54) is 12.1 Å². The van der Waals surface area contributed by atoms with Crippen molar-refractivity contribution in [1.82, 2.24) is 35.0 Å². The average Bonchev–Trinajstić information content (AvgIpc) is 3.54. The van der Waals surface area contributed by atoms with E-state index in [4.69, 9.17) is 5.73 Å². The zero-order valence-electron chi connectivity index (χ0n) is 19.6. The molecule has 5 rings (SSSR count). The maximum Gasteiger partial charge on any atom is 0.245 e. The number of hydrogen-bond acceptors (Lipinski definition) is 7. The molecule has 2 aromatic heterocycles. The zero-order chi connectivity index (χ0) is 25.4. The highest BCUT2D eigenvalue weighted by molar-refractivity contribution is 5.89. The minimum Gasteiger partial charge on any atom is -0.383 e. The van der Waals surface area contributed by atoms with Crippen LogP contribution < -0.4 is 5.73 Å². The number of tetrazole rings is 1. The van der Waals surface area contributed by atoms with Crippen LogP contribution in [0.15, 0.2) is 36.5 Å². The molecule has 2 N–H and O–H groups in total. The zero-order valence-corrected chi connectivity index (χ0v) is 19.6. The lowest BCUT2D eigenvalue weighted by atomic mass is 9.99. The first-order valence-corrected chi connectivity index (χ1v) is 11.6. The second-order valence-corrected chi connectivity index (χ2v) is 8.77. The number of carbonyl (C=O) groups excluding carboxylic acids is 2. The van der Waals surface area contributed by atoms with Gasteiger partial charge in [-0.3, -0.25) is 9.59 Å². The van der Waals surface area contributed by atoms with Crippen LogP contribution in [0.3, 0.4) is 0 Å². The van der Waals surface area contributed by atoms with Gasteiger partial charge in [-0.25, -0.2) is 13.8 Å². The molecule has 1 unspecified atom stereocenters. The number of likely N-dealkylation sites (tertiary alicyclic amines) is 1. The van der Waals surface area contributed by atoms with Gasteiger partial charge in [0, 0.05) is 32.3 Å². The summed E-state index contributed by atoms with van der Waals surface area (Å²) in [5.74, 6) is -1.92. The van der Waals surface area contributed by atoms with E-state index < -0.39 is 17.7 Å². The number of anilines is 1. The van der Waals surface area contributed by atoms with Gasteiger partial charge in [-0.05, 0) is 59.5 Å². The fourth-order valence-electron chi connectivity index (χ4n) is 4.61. The van der Waals surface area contributed by atoms with Crippen LogP contribution >= 0.6 is 0 Å². The number of nitrogens with two attached hydrogens (primary N) is 1. The topological polar surface area (TPSA) is 123 Å². The summed E-state index contributed by atoms with van der Waals surface area (Å²) >= 11 is 0. The number of hydrogen-bond donors (Lipinski definition) is 1. The van der Waals surface area contributed by atoms with Crippen LogP contribution in [0, 0.1) is 11.6 Å². The van der Waals surface area contributed by atoms with Gasteiger partial charge in [0.2, 0.25) is 11.8 Å². The van der Waals surface area contributed by atoms with Crippen LogP contribution in [-0.4, -0.2) is 72.5 Å². The van der Waals surface area contributed by atoms with E-state index >= 15 is 0 Å². The summed E-state index contributed by atoms with van der Waals surface area (Å²) in [5, 5.41) is 11.4. The van der Waals surface area contributed by atoms with Crippen molar-refractivity contribution >= 4 is 23.2 Å². The first kappa shape index (κ1) is 23.5. The maximum absolute atomic E-state index is 14.4. The molecule has 186 valence electrons. The van der Waals surface area contributed by atoms with Crippen molar-refractivity contribution in [2.24, 2.45) is 0 Å². The monoisotopic (exact) mass is 494 g/mol. The molecule has 0 saturated carbocycles. The summed E-state index contributed by atoms with van der Waals surface area (Å²) in [6.45, 7) is 3.27. The highest BCUT2D eigenvalue weighted by Gasteiger charge is 2.32. The van der Waals surface area contributed by atoms with Crippen LogP contribution in [-0.2, 0) is 9.59 Å². The van der Waals surface area contributed by atoms with Gasteiger partial charge in [0.05, 0.1) is 5.56 Å². The molecular weight excluding hydrogens is 470 g/mol. The average molecular weight is 495 g/mol. The molecule has 1 fully saturated rings.